The zero-order valence-corrected chi connectivity index (χ0v) is 15.1. The summed E-state index contributed by atoms with van der Waals surface area (Å²) in [4.78, 5) is 22.1. The summed E-state index contributed by atoms with van der Waals surface area (Å²) in [5.74, 6) is -0.394. The Balaban J connectivity index is 1.41. The molecular formula is C20H22F2N4O. The first-order valence-electron chi connectivity index (χ1n) is 9.66. The highest BCUT2D eigenvalue weighted by atomic mass is 19.1. The monoisotopic (exact) mass is 372 g/mol. The maximum atomic E-state index is 14.5. The van der Waals surface area contributed by atoms with Gasteiger partial charge in [-0.05, 0) is 44.6 Å². The SMILES string of the molecule is O=c1[nH]c(N2CCC3(CC2)CNc2cc(F)cc(F)c23)nc2c1CCCC2. The van der Waals surface area contributed by atoms with E-state index in [0.29, 0.717) is 36.8 Å². The summed E-state index contributed by atoms with van der Waals surface area (Å²) in [6.07, 6.45) is 5.25. The van der Waals surface area contributed by atoms with Crippen molar-refractivity contribution in [3.8, 4) is 0 Å². The first-order valence-corrected chi connectivity index (χ1v) is 9.66. The topological polar surface area (TPSA) is 61.0 Å². The van der Waals surface area contributed by atoms with E-state index in [2.05, 4.69) is 15.2 Å². The number of anilines is 2. The minimum atomic E-state index is -0.552. The lowest BCUT2D eigenvalue weighted by Gasteiger charge is -2.39. The quantitative estimate of drug-likeness (QED) is 0.808. The molecule has 0 saturated carbocycles. The van der Waals surface area contributed by atoms with Crippen molar-refractivity contribution < 1.29 is 8.78 Å². The van der Waals surface area contributed by atoms with Crippen LogP contribution < -0.4 is 15.8 Å². The third-order valence-electron chi connectivity index (χ3n) is 6.40. The van der Waals surface area contributed by atoms with Gasteiger partial charge in [-0.3, -0.25) is 9.78 Å². The Morgan fingerprint density at radius 3 is 2.70 bits per heavy atom. The third-order valence-corrected chi connectivity index (χ3v) is 6.40. The van der Waals surface area contributed by atoms with Crippen molar-refractivity contribution in [3.05, 3.63) is 50.9 Å². The van der Waals surface area contributed by atoms with Gasteiger partial charge in [0.2, 0.25) is 5.95 Å². The van der Waals surface area contributed by atoms with E-state index in [-0.39, 0.29) is 11.0 Å². The minimum absolute atomic E-state index is 0.0237. The lowest BCUT2D eigenvalue weighted by atomic mass is 9.74. The Labute approximate surface area is 155 Å². The summed E-state index contributed by atoms with van der Waals surface area (Å²) in [6, 6.07) is 2.35. The lowest BCUT2D eigenvalue weighted by molar-refractivity contribution is 0.347. The van der Waals surface area contributed by atoms with Gasteiger partial charge in [-0.15, -0.1) is 0 Å². The number of fused-ring (bicyclic) bond motifs is 3. The van der Waals surface area contributed by atoms with Crippen LogP contribution in [0, 0.1) is 11.6 Å². The predicted molar refractivity (Wildman–Crippen MR) is 99.5 cm³/mol. The Morgan fingerprint density at radius 1 is 1.11 bits per heavy atom. The maximum Gasteiger partial charge on any atom is 0.255 e. The second-order valence-corrected chi connectivity index (χ2v) is 7.95. The molecule has 2 aromatic rings. The van der Waals surface area contributed by atoms with Gasteiger partial charge in [0.05, 0.1) is 5.69 Å². The molecule has 5 rings (SSSR count). The van der Waals surface area contributed by atoms with E-state index in [0.717, 1.165) is 55.8 Å². The number of rotatable bonds is 1. The van der Waals surface area contributed by atoms with Crippen LogP contribution in [0.1, 0.15) is 42.5 Å². The number of halogens is 2. The first-order chi connectivity index (χ1) is 13.1. The number of hydrogen-bond acceptors (Lipinski definition) is 4. The molecule has 27 heavy (non-hydrogen) atoms. The number of piperidine rings is 1. The Kier molecular flexibility index (Phi) is 3.74. The average Bonchev–Trinajstić information content (AvgIpc) is 3.00. The van der Waals surface area contributed by atoms with Crippen LogP contribution in [0.15, 0.2) is 16.9 Å². The van der Waals surface area contributed by atoms with E-state index in [9.17, 15) is 13.6 Å². The minimum Gasteiger partial charge on any atom is -0.384 e. The van der Waals surface area contributed by atoms with Crippen LogP contribution in [0.5, 0.6) is 0 Å². The van der Waals surface area contributed by atoms with Crippen LogP contribution >= 0.6 is 0 Å². The van der Waals surface area contributed by atoms with Gasteiger partial charge >= 0.3 is 0 Å². The summed E-state index contributed by atoms with van der Waals surface area (Å²) < 4.78 is 28.0. The van der Waals surface area contributed by atoms with Gasteiger partial charge in [-0.25, -0.2) is 13.8 Å². The molecule has 1 aromatic heterocycles. The van der Waals surface area contributed by atoms with E-state index >= 15 is 0 Å². The standard InChI is InChI=1S/C20H22F2N4O/c21-12-9-14(22)17-16(10-12)23-11-20(17)5-7-26(8-6-20)19-24-15-4-2-1-3-13(15)18(27)25-19/h9-10,23H,1-8,11H2,(H,24,25,27). The van der Waals surface area contributed by atoms with Crippen LogP contribution in [0.4, 0.5) is 20.4 Å². The molecule has 1 aliphatic carbocycles. The van der Waals surface area contributed by atoms with Crippen molar-refractivity contribution in [2.45, 2.75) is 43.9 Å². The molecule has 2 aliphatic heterocycles. The van der Waals surface area contributed by atoms with Crippen molar-refractivity contribution >= 4 is 11.6 Å². The molecular weight excluding hydrogens is 350 g/mol. The van der Waals surface area contributed by atoms with E-state index in [4.69, 9.17) is 4.98 Å². The molecule has 1 saturated heterocycles. The molecule has 7 heteroatoms. The second-order valence-electron chi connectivity index (χ2n) is 7.95. The summed E-state index contributed by atoms with van der Waals surface area (Å²) >= 11 is 0. The molecule has 0 amide bonds. The number of hydrogen-bond donors (Lipinski definition) is 2. The summed E-state index contributed by atoms with van der Waals surface area (Å²) in [5, 5.41) is 3.18. The van der Waals surface area contributed by atoms with Gasteiger partial charge < -0.3 is 10.2 Å². The maximum absolute atomic E-state index is 14.5. The highest BCUT2D eigenvalue weighted by Crippen LogP contribution is 2.45. The van der Waals surface area contributed by atoms with Crippen LogP contribution in [0.25, 0.3) is 0 Å². The van der Waals surface area contributed by atoms with Crippen LogP contribution in [-0.4, -0.2) is 29.6 Å². The van der Waals surface area contributed by atoms with Gasteiger partial charge in [0.15, 0.2) is 0 Å². The highest BCUT2D eigenvalue weighted by Gasteiger charge is 2.44. The number of aromatic amines is 1. The molecule has 5 nitrogen and oxygen atoms in total. The molecule has 0 radical (unpaired) electrons. The summed E-state index contributed by atoms with van der Waals surface area (Å²) in [7, 11) is 0. The van der Waals surface area contributed by atoms with Crippen molar-refractivity contribution in [3.63, 3.8) is 0 Å². The number of benzene rings is 1. The highest BCUT2D eigenvalue weighted by molar-refractivity contribution is 5.61. The fraction of sp³-hybridized carbons (Fsp3) is 0.500. The van der Waals surface area contributed by atoms with Gasteiger partial charge in [-0.1, -0.05) is 0 Å². The molecule has 142 valence electrons. The number of H-pyrrole nitrogens is 1. The zero-order chi connectivity index (χ0) is 18.6. The third kappa shape index (κ3) is 2.63. The zero-order valence-electron chi connectivity index (χ0n) is 15.1. The summed E-state index contributed by atoms with van der Waals surface area (Å²) in [5.41, 5.74) is 2.59. The van der Waals surface area contributed by atoms with E-state index in [1.807, 2.05) is 0 Å². The fourth-order valence-electron chi connectivity index (χ4n) is 4.92. The molecule has 3 aliphatic rings. The molecule has 0 bridgehead atoms. The molecule has 1 fully saturated rings. The number of nitrogens with zero attached hydrogens (tertiary/aromatic N) is 2. The predicted octanol–water partition coefficient (Wildman–Crippen LogP) is 2.89. The van der Waals surface area contributed by atoms with Crippen LogP contribution in [-0.2, 0) is 18.3 Å². The van der Waals surface area contributed by atoms with E-state index in [1.54, 1.807) is 0 Å². The molecule has 0 atom stereocenters. The van der Waals surface area contributed by atoms with Gasteiger partial charge in [0.25, 0.3) is 5.56 Å². The van der Waals surface area contributed by atoms with Crippen LogP contribution in [0.3, 0.4) is 0 Å². The Bertz CT molecular complexity index is 963. The Hall–Kier alpha value is -2.44. The lowest BCUT2D eigenvalue weighted by Crippen LogP contribution is -2.45. The fourth-order valence-corrected chi connectivity index (χ4v) is 4.92. The molecule has 2 N–H and O–H groups in total. The largest absolute Gasteiger partial charge is 0.384 e. The molecule has 1 spiro atoms. The first kappa shape index (κ1) is 16.7. The number of nitrogens with one attached hydrogen (secondary N) is 2. The average molecular weight is 372 g/mol. The van der Waals surface area contributed by atoms with Crippen molar-refractivity contribution in [1.82, 2.24) is 9.97 Å². The smallest absolute Gasteiger partial charge is 0.255 e. The van der Waals surface area contributed by atoms with Gasteiger partial charge in [-0.2, -0.15) is 0 Å². The molecule has 0 unspecified atom stereocenters. The van der Waals surface area contributed by atoms with E-state index in [1.165, 1.54) is 6.07 Å². The normalized spacial score (nSPS) is 20.3. The van der Waals surface area contributed by atoms with Gasteiger partial charge in [0.1, 0.15) is 11.6 Å². The number of aromatic nitrogens is 2. The summed E-state index contributed by atoms with van der Waals surface area (Å²) in [6.45, 7) is 1.98. The van der Waals surface area contributed by atoms with E-state index < -0.39 is 11.6 Å². The Morgan fingerprint density at radius 2 is 1.89 bits per heavy atom. The molecule has 3 heterocycles. The number of aryl methyl sites for hydroxylation is 1. The van der Waals surface area contributed by atoms with Crippen molar-refractivity contribution in [1.29, 1.82) is 0 Å². The second kappa shape index (κ2) is 6.04. The van der Waals surface area contributed by atoms with Crippen molar-refractivity contribution in [2.75, 3.05) is 29.9 Å². The van der Waals surface area contributed by atoms with Crippen molar-refractivity contribution in [2.24, 2.45) is 0 Å². The molecule has 1 aromatic carbocycles. The van der Waals surface area contributed by atoms with Gasteiger partial charge in [0, 0.05) is 47.9 Å². The van der Waals surface area contributed by atoms with Crippen LogP contribution in [0.2, 0.25) is 0 Å².